The molecule has 0 saturated carbocycles. The first kappa shape index (κ1) is 16.5. The summed E-state index contributed by atoms with van der Waals surface area (Å²) in [6.45, 7) is 5.49. The molecule has 0 amide bonds. The molecule has 5 heteroatoms. The molecule has 0 radical (unpaired) electrons. The number of aliphatic carboxylic acids is 1. The number of carbonyl (C=O) groups is 1. The number of benzene rings is 1. The van der Waals surface area contributed by atoms with Crippen LogP contribution in [0.4, 0.5) is 0 Å². The number of methoxy groups -OCH3 is 1. The minimum atomic E-state index is -0.906. The maximum absolute atomic E-state index is 11.1. The van der Waals surface area contributed by atoms with E-state index in [9.17, 15) is 4.79 Å². The van der Waals surface area contributed by atoms with Crippen molar-refractivity contribution in [3.05, 3.63) is 29.8 Å². The molecule has 1 aromatic rings. The summed E-state index contributed by atoms with van der Waals surface area (Å²) in [5, 5.41) is 12.3. The number of carboxylic acids is 1. The molecule has 112 valence electrons. The molecule has 0 aliphatic heterocycles. The number of para-hydroxylation sites is 1. The molecule has 0 bridgehead atoms. The molecule has 20 heavy (non-hydrogen) atoms. The second kappa shape index (κ2) is 7.87. The van der Waals surface area contributed by atoms with Crippen molar-refractivity contribution in [3.63, 3.8) is 0 Å². The van der Waals surface area contributed by atoms with Gasteiger partial charge in [-0.05, 0) is 19.9 Å². The average molecular weight is 281 g/mol. The highest BCUT2D eigenvalue weighted by atomic mass is 16.5. The minimum absolute atomic E-state index is 0.136. The number of rotatable bonds is 9. The van der Waals surface area contributed by atoms with E-state index in [0.717, 1.165) is 12.1 Å². The molecule has 2 N–H and O–H groups in total. The monoisotopic (exact) mass is 281 g/mol. The van der Waals surface area contributed by atoms with Gasteiger partial charge in [0.2, 0.25) is 0 Å². The van der Waals surface area contributed by atoms with Gasteiger partial charge in [-0.15, -0.1) is 0 Å². The van der Waals surface area contributed by atoms with Crippen LogP contribution in [0.5, 0.6) is 5.75 Å². The van der Waals surface area contributed by atoms with E-state index in [1.165, 1.54) is 0 Å². The maximum atomic E-state index is 11.1. The Kier molecular flexibility index (Phi) is 6.48. The van der Waals surface area contributed by atoms with E-state index in [1.54, 1.807) is 21.0 Å². The highest BCUT2D eigenvalue weighted by Gasteiger charge is 2.28. The lowest BCUT2D eigenvalue weighted by Gasteiger charge is -2.21. The summed E-state index contributed by atoms with van der Waals surface area (Å²) < 4.78 is 10.6. The van der Waals surface area contributed by atoms with Crippen molar-refractivity contribution in [2.45, 2.75) is 20.4 Å². The van der Waals surface area contributed by atoms with Crippen molar-refractivity contribution in [3.8, 4) is 5.75 Å². The molecule has 0 aliphatic carbocycles. The summed E-state index contributed by atoms with van der Waals surface area (Å²) in [4.78, 5) is 11.1. The molecule has 0 aliphatic rings. The Hall–Kier alpha value is -1.59. The van der Waals surface area contributed by atoms with Gasteiger partial charge in [0.05, 0.1) is 12.0 Å². The minimum Gasteiger partial charge on any atom is -0.492 e. The number of carboxylic acid groups (broad SMARTS) is 1. The lowest BCUT2D eigenvalue weighted by Crippen LogP contribution is -2.31. The zero-order chi connectivity index (χ0) is 15.0. The first-order valence-corrected chi connectivity index (χ1v) is 6.61. The van der Waals surface area contributed by atoms with Gasteiger partial charge >= 0.3 is 5.97 Å². The Morgan fingerprint density at radius 3 is 2.70 bits per heavy atom. The second-order valence-corrected chi connectivity index (χ2v) is 5.26. The molecule has 0 fully saturated rings. The Morgan fingerprint density at radius 1 is 1.35 bits per heavy atom. The van der Waals surface area contributed by atoms with Gasteiger partial charge in [-0.3, -0.25) is 4.79 Å². The average Bonchev–Trinajstić information content (AvgIpc) is 2.42. The fourth-order valence-corrected chi connectivity index (χ4v) is 1.51. The molecular weight excluding hydrogens is 258 g/mol. The zero-order valence-electron chi connectivity index (χ0n) is 12.3. The summed E-state index contributed by atoms with van der Waals surface area (Å²) in [5.41, 5.74) is 0.0983. The van der Waals surface area contributed by atoms with E-state index in [4.69, 9.17) is 14.6 Å². The van der Waals surface area contributed by atoms with E-state index in [1.807, 2.05) is 24.3 Å². The van der Waals surface area contributed by atoms with Crippen molar-refractivity contribution >= 4 is 5.97 Å². The number of hydrogen-bond acceptors (Lipinski definition) is 4. The van der Waals surface area contributed by atoms with Crippen LogP contribution in [0, 0.1) is 5.41 Å². The fraction of sp³-hybridized carbons (Fsp3) is 0.533. The lowest BCUT2D eigenvalue weighted by atomic mass is 9.95. The third-order valence-corrected chi connectivity index (χ3v) is 2.94. The summed E-state index contributed by atoms with van der Waals surface area (Å²) in [6.07, 6.45) is 0. The van der Waals surface area contributed by atoms with Crippen LogP contribution < -0.4 is 10.1 Å². The van der Waals surface area contributed by atoms with Crippen LogP contribution in [-0.2, 0) is 16.1 Å². The highest BCUT2D eigenvalue weighted by Crippen LogP contribution is 2.22. The van der Waals surface area contributed by atoms with Crippen LogP contribution in [0.25, 0.3) is 0 Å². The van der Waals surface area contributed by atoms with Gasteiger partial charge in [0.15, 0.2) is 0 Å². The molecule has 0 unspecified atom stereocenters. The van der Waals surface area contributed by atoms with E-state index in [2.05, 4.69) is 5.32 Å². The number of ether oxygens (including phenoxy) is 2. The first-order valence-electron chi connectivity index (χ1n) is 6.61. The molecule has 0 spiro atoms. The van der Waals surface area contributed by atoms with E-state index in [-0.39, 0.29) is 6.61 Å². The molecular formula is C15H23NO4. The summed E-state index contributed by atoms with van der Waals surface area (Å²) >= 11 is 0. The standard InChI is InChI=1S/C15H23NO4/c1-15(2,14(17)18)11-20-13-7-5-4-6-12(13)10-16-8-9-19-3/h4-7,16H,8-11H2,1-3H3,(H,17,18). The Morgan fingerprint density at radius 2 is 2.05 bits per heavy atom. The van der Waals surface area contributed by atoms with Crippen LogP contribution in [0.2, 0.25) is 0 Å². The van der Waals surface area contributed by atoms with Gasteiger partial charge in [-0.25, -0.2) is 0 Å². The van der Waals surface area contributed by atoms with Gasteiger partial charge in [0, 0.05) is 25.8 Å². The van der Waals surface area contributed by atoms with Gasteiger partial charge in [0.1, 0.15) is 12.4 Å². The number of hydrogen-bond donors (Lipinski definition) is 2. The molecule has 0 atom stereocenters. The highest BCUT2D eigenvalue weighted by molar-refractivity contribution is 5.73. The fourth-order valence-electron chi connectivity index (χ4n) is 1.51. The molecule has 0 saturated heterocycles. The van der Waals surface area contributed by atoms with Crippen LogP contribution >= 0.6 is 0 Å². The second-order valence-electron chi connectivity index (χ2n) is 5.26. The van der Waals surface area contributed by atoms with Crippen LogP contribution in [-0.4, -0.2) is 37.9 Å². The van der Waals surface area contributed by atoms with Gasteiger partial charge in [0.25, 0.3) is 0 Å². The first-order chi connectivity index (χ1) is 9.47. The Bertz CT molecular complexity index is 432. The third kappa shape index (κ3) is 5.19. The predicted octanol–water partition coefficient (Wildman–Crippen LogP) is 1.91. The third-order valence-electron chi connectivity index (χ3n) is 2.94. The number of nitrogens with one attached hydrogen (secondary N) is 1. The van der Waals surface area contributed by atoms with Crippen LogP contribution in [0.1, 0.15) is 19.4 Å². The van der Waals surface area contributed by atoms with Crippen molar-refractivity contribution in [1.82, 2.24) is 5.32 Å². The lowest BCUT2D eigenvalue weighted by molar-refractivity contribution is -0.148. The Labute approximate surface area is 119 Å². The normalized spacial score (nSPS) is 11.3. The summed E-state index contributed by atoms with van der Waals surface area (Å²) in [6, 6.07) is 7.62. The van der Waals surface area contributed by atoms with Gasteiger partial charge < -0.3 is 19.9 Å². The van der Waals surface area contributed by atoms with Crippen LogP contribution in [0.15, 0.2) is 24.3 Å². The molecule has 1 rings (SSSR count). The Balaban J connectivity index is 2.59. The smallest absolute Gasteiger partial charge is 0.312 e. The van der Waals surface area contributed by atoms with Crippen molar-refractivity contribution < 1.29 is 19.4 Å². The van der Waals surface area contributed by atoms with E-state index in [0.29, 0.717) is 18.9 Å². The molecule has 1 aromatic carbocycles. The van der Waals surface area contributed by atoms with E-state index < -0.39 is 11.4 Å². The molecule has 5 nitrogen and oxygen atoms in total. The van der Waals surface area contributed by atoms with Crippen molar-refractivity contribution in [2.24, 2.45) is 5.41 Å². The summed E-state index contributed by atoms with van der Waals surface area (Å²) in [5.74, 6) is -0.153. The zero-order valence-corrected chi connectivity index (χ0v) is 12.3. The van der Waals surface area contributed by atoms with Gasteiger partial charge in [-0.2, -0.15) is 0 Å². The quantitative estimate of drug-likeness (QED) is 0.677. The molecule has 0 aromatic heterocycles. The van der Waals surface area contributed by atoms with E-state index >= 15 is 0 Å². The predicted molar refractivity (Wildman–Crippen MR) is 76.9 cm³/mol. The van der Waals surface area contributed by atoms with Crippen molar-refractivity contribution in [2.75, 3.05) is 26.9 Å². The largest absolute Gasteiger partial charge is 0.492 e. The van der Waals surface area contributed by atoms with Crippen molar-refractivity contribution in [1.29, 1.82) is 0 Å². The van der Waals surface area contributed by atoms with Crippen LogP contribution in [0.3, 0.4) is 0 Å². The SMILES string of the molecule is COCCNCc1ccccc1OCC(C)(C)C(=O)O. The topological polar surface area (TPSA) is 67.8 Å². The maximum Gasteiger partial charge on any atom is 0.312 e. The summed E-state index contributed by atoms with van der Waals surface area (Å²) in [7, 11) is 1.66. The van der Waals surface area contributed by atoms with Gasteiger partial charge in [-0.1, -0.05) is 18.2 Å². The molecule has 0 heterocycles.